The van der Waals surface area contributed by atoms with Crippen LogP contribution in [0.25, 0.3) is 0 Å². The number of anilines is 1. The van der Waals surface area contributed by atoms with Gasteiger partial charge in [-0.1, -0.05) is 25.4 Å². The molecule has 0 spiro atoms. The maximum absolute atomic E-state index is 10.9. The summed E-state index contributed by atoms with van der Waals surface area (Å²) in [5.41, 5.74) is 0.133. The molecule has 104 valence electrons. The molecular weight excluding hydrogens is 264 g/mol. The summed E-state index contributed by atoms with van der Waals surface area (Å²) in [6.45, 7) is 5.29. The number of carbonyl (C=O) groups is 1. The van der Waals surface area contributed by atoms with Crippen molar-refractivity contribution in [2.45, 2.75) is 39.2 Å². The smallest absolute Gasteiger partial charge is 0.337 e. The summed E-state index contributed by atoms with van der Waals surface area (Å²) < 4.78 is 0. The van der Waals surface area contributed by atoms with E-state index in [1.54, 1.807) is 0 Å². The van der Waals surface area contributed by atoms with E-state index in [0.29, 0.717) is 17.0 Å². The first-order chi connectivity index (χ1) is 8.99. The third kappa shape index (κ3) is 3.60. The van der Waals surface area contributed by atoms with Crippen LogP contribution in [0.4, 0.5) is 5.82 Å². The number of halogens is 1. The number of nitrogens with zero attached hydrogens (tertiary/aromatic N) is 2. The van der Waals surface area contributed by atoms with Gasteiger partial charge in [-0.25, -0.2) is 9.78 Å². The highest BCUT2D eigenvalue weighted by Gasteiger charge is 2.31. The first-order valence-electron chi connectivity index (χ1n) is 6.64. The number of carboxylic acids is 1. The van der Waals surface area contributed by atoms with Crippen molar-refractivity contribution in [3.63, 3.8) is 0 Å². The van der Waals surface area contributed by atoms with Crippen LogP contribution in [0.5, 0.6) is 0 Å². The van der Waals surface area contributed by atoms with Gasteiger partial charge in [0.25, 0.3) is 0 Å². The summed E-state index contributed by atoms with van der Waals surface area (Å²) in [6, 6.07) is 2.00. The normalized spacial score (nSPS) is 14.7. The van der Waals surface area contributed by atoms with Crippen molar-refractivity contribution in [2.24, 2.45) is 5.92 Å². The van der Waals surface area contributed by atoms with E-state index in [2.05, 4.69) is 23.7 Å². The third-order valence-corrected chi connectivity index (χ3v) is 3.55. The molecule has 1 aliphatic rings. The lowest BCUT2D eigenvalue weighted by Gasteiger charge is -2.25. The number of rotatable bonds is 6. The monoisotopic (exact) mass is 282 g/mol. The van der Waals surface area contributed by atoms with E-state index in [9.17, 15) is 4.79 Å². The number of hydrogen-bond acceptors (Lipinski definition) is 3. The van der Waals surface area contributed by atoms with Gasteiger partial charge in [-0.05, 0) is 31.2 Å². The number of aromatic nitrogens is 1. The SMILES string of the molecule is CC(C)CCN(c1ncc(C(=O)O)cc1Cl)C1CC1. The number of hydrogen-bond donors (Lipinski definition) is 1. The van der Waals surface area contributed by atoms with Crippen molar-refractivity contribution >= 4 is 23.4 Å². The summed E-state index contributed by atoms with van der Waals surface area (Å²) in [5, 5.41) is 9.35. The van der Waals surface area contributed by atoms with Crippen LogP contribution >= 0.6 is 11.6 Å². The second kappa shape index (κ2) is 5.78. The van der Waals surface area contributed by atoms with Crippen LogP contribution in [0.3, 0.4) is 0 Å². The molecule has 1 heterocycles. The maximum atomic E-state index is 10.9. The van der Waals surface area contributed by atoms with E-state index in [1.807, 2.05) is 0 Å². The van der Waals surface area contributed by atoms with Crippen molar-refractivity contribution in [3.05, 3.63) is 22.8 Å². The Morgan fingerprint density at radius 2 is 2.26 bits per heavy atom. The summed E-state index contributed by atoms with van der Waals surface area (Å²) in [6.07, 6.45) is 4.79. The quantitative estimate of drug-likeness (QED) is 0.868. The van der Waals surface area contributed by atoms with Crippen LogP contribution in [-0.2, 0) is 0 Å². The zero-order valence-corrected chi connectivity index (χ0v) is 12.0. The Morgan fingerprint density at radius 1 is 1.58 bits per heavy atom. The Morgan fingerprint density at radius 3 is 2.74 bits per heavy atom. The fourth-order valence-electron chi connectivity index (χ4n) is 2.00. The van der Waals surface area contributed by atoms with E-state index in [0.717, 1.165) is 31.6 Å². The third-order valence-electron chi connectivity index (χ3n) is 3.28. The summed E-state index contributed by atoms with van der Waals surface area (Å²) in [7, 11) is 0. The molecule has 0 atom stereocenters. The molecule has 1 aliphatic carbocycles. The standard InChI is InChI=1S/C14H19ClN2O2/c1-9(2)5-6-17(11-3-4-11)13-12(15)7-10(8-16-13)14(18)19/h7-9,11H,3-6H2,1-2H3,(H,18,19). The van der Waals surface area contributed by atoms with Crippen molar-refractivity contribution in [1.82, 2.24) is 4.98 Å². The number of carboxylic acid groups (broad SMARTS) is 1. The van der Waals surface area contributed by atoms with E-state index in [1.165, 1.54) is 12.3 Å². The predicted molar refractivity (Wildman–Crippen MR) is 76.0 cm³/mol. The highest BCUT2D eigenvalue weighted by atomic mass is 35.5. The zero-order chi connectivity index (χ0) is 14.0. The van der Waals surface area contributed by atoms with Crippen LogP contribution in [0, 0.1) is 5.92 Å². The van der Waals surface area contributed by atoms with Gasteiger partial charge >= 0.3 is 5.97 Å². The molecule has 1 saturated carbocycles. The Kier molecular flexibility index (Phi) is 4.30. The molecule has 0 aromatic carbocycles. The minimum atomic E-state index is -0.999. The first kappa shape index (κ1) is 14.1. The average Bonchev–Trinajstić information content (AvgIpc) is 3.14. The molecule has 2 rings (SSSR count). The van der Waals surface area contributed by atoms with Gasteiger partial charge in [-0.3, -0.25) is 0 Å². The van der Waals surface area contributed by atoms with Gasteiger partial charge in [-0.15, -0.1) is 0 Å². The molecule has 5 heteroatoms. The van der Waals surface area contributed by atoms with Crippen LogP contribution in [0.15, 0.2) is 12.3 Å². The molecule has 1 aromatic heterocycles. The molecular formula is C14H19ClN2O2. The lowest BCUT2D eigenvalue weighted by molar-refractivity contribution is 0.0696. The van der Waals surface area contributed by atoms with Gasteiger partial charge in [-0.2, -0.15) is 0 Å². The lowest BCUT2D eigenvalue weighted by Crippen LogP contribution is -2.29. The second-order valence-electron chi connectivity index (χ2n) is 5.44. The van der Waals surface area contributed by atoms with E-state index in [4.69, 9.17) is 16.7 Å². The Bertz CT molecular complexity index is 473. The first-order valence-corrected chi connectivity index (χ1v) is 7.02. The summed E-state index contributed by atoms with van der Waals surface area (Å²) in [4.78, 5) is 17.4. The van der Waals surface area contributed by atoms with Crippen LogP contribution in [0.1, 0.15) is 43.5 Å². The topological polar surface area (TPSA) is 53.4 Å². The van der Waals surface area contributed by atoms with Crippen molar-refractivity contribution < 1.29 is 9.90 Å². The molecule has 0 saturated heterocycles. The van der Waals surface area contributed by atoms with Crippen molar-refractivity contribution in [2.75, 3.05) is 11.4 Å². The minimum Gasteiger partial charge on any atom is -0.478 e. The molecule has 0 aliphatic heterocycles. The van der Waals surface area contributed by atoms with Crippen molar-refractivity contribution in [1.29, 1.82) is 0 Å². The predicted octanol–water partition coefficient (Wildman–Crippen LogP) is 3.45. The molecule has 1 N–H and O–H groups in total. The van der Waals surface area contributed by atoms with Gasteiger partial charge in [0.1, 0.15) is 5.82 Å². The summed E-state index contributed by atoms with van der Waals surface area (Å²) in [5.74, 6) is 0.342. The molecule has 0 bridgehead atoms. The Labute approximate surface area is 118 Å². The number of aromatic carboxylic acids is 1. The second-order valence-corrected chi connectivity index (χ2v) is 5.85. The average molecular weight is 283 g/mol. The number of pyridine rings is 1. The molecule has 0 amide bonds. The molecule has 1 aromatic rings. The largest absolute Gasteiger partial charge is 0.478 e. The van der Waals surface area contributed by atoms with E-state index >= 15 is 0 Å². The van der Waals surface area contributed by atoms with Crippen LogP contribution in [0.2, 0.25) is 5.02 Å². The summed E-state index contributed by atoms with van der Waals surface area (Å²) >= 11 is 6.19. The molecule has 0 radical (unpaired) electrons. The fourth-order valence-corrected chi connectivity index (χ4v) is 2.28. The van der Waals surface area contributed by atoms with Crippen molar-refractivity contribution in [3.8, 4) is 0 Å². The zero-order valence-electron chi connectivity index (χ0n) is 11.3. The van der Waals surface area contributed by atoms with Crippen LogP contribution < -0.4 is 4.90 Å². The van der Waals surface area contributed by atoms with E-state index < -0.39 is 5.97 Å². The molecule has 19 heavy (non-hydrogen) atoms. The highest BCUT2D eigenvalue weighted by molar-refractivity contribution is 6.33. The Hall–Kier alpha value is -1.29. The highest BCUT2D eigenvalue weighted by Crippen LogP contribution is 2.35. The van der Waals surface area contributed by atoms with Gasteiger partial charge < -0.3 is 10.0 Å². The van der Waals surface area contributed by atoms with Gasteiger partial charge in [0.15, 0.2) is 0 Å². The molecule has 0 unspecified atom stereocenters. The van der Waals surface area contributed by atoms with Gasteiger partial charge in [0, 0.05) is 18.8 Å². The molecule has 4 nitrogen and oxygen atoms in total. The lowest BCUT2D eigenvalue weighted by atomic mass is 10.1. The van der Waals surface area contributed by atoms with Gasteiger partial charge in [0.05, 0.1) is 10.6 Å². The van der Waals surface area contributed by atoms with E-state index in [-0.39, 0.29) is 5.56 Å². The maximum Gasteiger partial charge on any atom is 0.337 e. The van der Waals surface area contributed by atoms with Crippen LogP contribution in [-0.4, -0.2) is 28.6 Å². The molecule has 1 fully saturated rings. The van der Waals surface area contributed by atoms with Gasteiger partial charge in [0.2, 0.25) is 0 Å². The fraction of sp³-hybridized carbons (Fsp3) is 0.571. The Balaban J connectivity index is 2.19. The minimum absolute atomic E-state index is 0.133.